The molecule has 0 amide bonds. The number of carbonyl (C=O) groups is 2. The van der Waals surface area contributed by atoms with Crippen LogP contribution in [0.2, 0.25) is 0 Å². The number of allylic oxidation sites excluding steroid dienone is 20. The first-order valence-corrected chi connectivity index (χ1v) is 34.7. The highest BCUT2D eigenvalue weighted by Crippen LogP contribution is 2.38. The summed E-state index contributed by atoms with van der Waals surface area (Å²) in [7, 11) is 1.15. The van der Waals surface area contributed by atoms with Crippen LogP contribution < -0.4 is 4.89 Å². The van der Waals surface area contributed by atoms with E-state index in [1.807, 2.05) is 21.1 Å². The van der Waals surface area contributed by atoms with Crippen molar-refractivity contribution in [2.24, 2.45) is 0 Å². The molecule has 0 rings (SSSR count). The van der Waals surface area contributed by atoms with Crippen LogP contribution in [0.4, 0.5) is 0 Å². The molecule has 0 aliphatic heterocycles. The number of hydrogen-bond donors (Lipinski definition) is 0. The maximum atomic E-state index is 12.9. The lowest BCUT2D eigenvalue weighted by atomic mass is 10.0. The molecular weight excluding hydrogens is 1040 g/mol. The van der Waals surface area contributed by atoms with E-state index in [0.717, 1.165) is 109 Å². The summed E-state index contributed by atoms with van der Waals surface area (Å²) >= 11 is 0. The predicted molar refractivity (Wildman–Crippen MR) is 351 cm³/mol. The standard InChI is InChI=1S/C72H124NO8P/c1-6-8-10-12-14-16-18-20-22-24-26-28-30-31-32-33-34-35-36-37-38-39-40-41-43-45-47-49-51-53-55-57-59-61-63-65-72(75)81-70(69-80-82(76,77)79-67-66-73(3,4)5)68-78-71(74)64-62-60-58-56-54-52-50-48-46-44-42-29-27-25-23-21-19-17-15-13-11-9-7-2/h8,10,14,16,19-22,25-28,31-32,34-35,37-38,42,44,70H,6-7,9,11-13,15,17-18,23-24,29-30,33,36,39-41,43,45-69H2,1-5H3/b10-8-,16-14-,21-19-,22-20-,27-25-,28-26-,32-31-,35-34-,38-37-,44-42-. The summed E-state index contributed by atoms with van der Waals surface area (Å²) in [5.41, 5.74) is 0. The molecule has 0 aromatic carbocycles. The predicted octanol–water partition coefficient (Wildman–Crippen LogP) is 20.9. The molecule has 0 saturated heterocycles. The number of esters is 2. The number of carbonyl (C=O) groups excluding carboxylic acids is 2. The Labute approximate surface area is 505 Å². The van der Waals surface area contributed by atoms with Crippen molar-refractivity contribution in [2.45, 2.75) is 277 Å². The second kappa shape index (κ2) is 62.0. The number of hydrogen-bond acceptors (Lipinski definition) is 8. The Morgan fingerprint density at radius 3 is 1.04 bits per heavy atom. The zero-order chi connectivity index (χ0) is 59.8. The van der Waals surface area contributed by atoms with Crippen LogP contribution in [0, 0.1) is 0 Å². The van der Waals surface area contributed by atoms with Crippen molar-refractivity contribution in [3.05, 3.63) is 122 Å². The van der Waals surface area contributed by atoms with Crippen LogP contribution >= 0.6 is 7.82 Å². The Hall–Kier alpha value is -3.59. The first-order valence-electron chi connectivity index (χ1n) is 33.2. The minimum absolute atomic E-state index is 0.0373. The Balaban J connectivity index is 4.11. The van der Waals surface area contributed by atoms with Crippen LogP contribution in [0.15, 0.2) is 122 Å². The second-order valence-electron chi connectivity index (χ2n) is 23.1. The molecule has 0 spiro atoms. The number of unbranched alkanes of at least 4 members (excludes halogenated alkanes) is 26. The monoisotopic (exact) mass is 1160 g/mol. The van der Waals surface area contributed by atoms with Gasteiger partial charge in [0.15, 0.2) is 6.10 Å². The van der Waals surface area contributed by atoms with E-state index in [4.69, 9.17) is 18.5 Å². The van der Waals surface area contributed by atoms with Gasteiger partial charge in [-0.3, -0.25) is 14.2 Å². The largest absolute Gasteiger partial charge is 0.756 e. The van der Waals surface area contributed by atoms with Gasteiger partial charge in [-0.05, 0) is 109 Å². The molecule has 0 heterocycles. The molecule has 0 aliphatic rings. The van der Waals surface area contributed by atoms with Crippen LogP contribution in [0.5, 0.6) is 0 Å². The minimum Gasteiger partial charge on any atom is -0.756 e. The van der Waals surface area contributed by atoms with Gasteiger partial charge in [0.1, 0.15) is 19.8 Å². The van der Waals surface area contributed by atoms with Gasteiger partial charge in [0.25, 0.3) is 7.82 Å². The highest BCUT2D eigenvalue weighted by atomic mass is 31.2. The van der Waals surface area contributed by atoms with Crippen LogP contribution in [-0.2, 0) is 32.7 Å². The molecule has 0 aromatic heterocycles. The molecule has 9 nitrogen and oxygen atoms in total. The molecule has 0 fully saturated rings. The summed E-state index contributed by atoms with van der Waals surface area (Å²) in [5.74, 6) is -0.844. The smallest absolute Gasteiger partial charge is 0.306 e. The van der Waals surface area contributed by atoms with E-state index in [0.29, 0.717) is 17.4 Å². The van der Waals surface area contributed by atoms with Crippen molar-refractivity contribution < 1.29 is 42.1 Å². The van der Waals surface area contributed by atoms with Gasteiger partial charge in [-0.2, -0.15) is 0 Å². The maximum absolute atomic E-state index is 12.9. The molecule has 0 N–H and O–H groups in total. The van der Waals surface area contributed by atoms with Crippen LogP contribution in [0.3, 0.4) is 0 Å². The van der Waals surface area contributed by atoms with E-state index >= 15 is 0 Å². The summed E-state index contributed by atoms with van der Waals surface area (Å²) in [4.78, 5) is 38.0. The van der Waals surface area contributed by atoms with E-state index in [1.54, 1.807) is 0 Å². The summed E-state index contributed by atoms with van der Waals surface area (Å²) in [6.45, 7) is 4.11. The maximum Gasteiger partial charge on any atom is 0.306 e. The van der Waals surface area contributed by atoms with Gasteiger partial charge >= 0.3 is 11.9 Å². The molecule has 470 valence electrons. The normalized spacial score (nSPS) is 14.0. The fourth-order valence-corrected chi connectivity index (χ4v) is 9.61. The third-order valence-electron chi connectivity index (χ3n) is 14.0. The molecule has 2 atom stereocenters. The molecule has 82 heavy (non-hydrogen) atoms. The van der Waals surface area contributed by atoms with Crippen LogP contribution in [0.1, 0.15) is 271 Å². The van der Waals surface area contributed by atoms with Crippen molar-refractivity contribution in [2.75, 3.05) is 47.5 Å². The summed E-state index contributed by atoms with van der Waals surface area (Å²) < 4.78 is 34.3. The van der Waals surface area contributed by atoms with Gasteiger partial charge in [-0.25, -0.2) is 0 Å². The average Bonchev–Trinajstić information content (AvgIpc) is 3.45. The topological polar surface area (TPSA) is 111 Å². The van der Waals surface area contributed by atoms with Crippen molar-refractivity contribution in [1.29, 1.82) is 0 Å². The molecule has 0 bridgehead atoms. The van der Waals surface area contributed by atoms with Crippen molar-refractivity contribution >= 4 is 19.8 Å². The lowest BCUT2D eigenvalue weighted by Crippen LogP contribution is -2.37. The van der Waals surface area contributed by atoms with E-state index < -0.39 is 32.5 Å². The number of likely N-dealkylation sites (N-methyl/N-ethyl adjacent to an activating group) is 1. The molecule has 0 aliphatic carbocycles. The number of phosphoric acid groups is 1. The molecule has 0 radical (unpaired) electrons. The van der Waals surface area contributed by atoms with Crippen LogP contribution in [0.25, 0.3) is 0 Å². The SMILES string of the molecule is CC/C=C\C/C=C\C/C=C\C/C=C\C/C=C\C/C=C\C/C=C\CCCCCCCCCCCCCCCC(=O)OC(COC(=O)CCCCCCCCCC/C=C\C/C=C\C/C=C\CCCCCCC)COP(=O)([O-])OCC[N+](C)(C)C. The number of rotatable bonds is 60. The third-order valence-corrected chi connectivity index (χ3v) is 14.9. The number of ether oxygens (including phenoxy) is 2. The van der Waals surface area contributed by atoms with Crippen molar-refractivity contribution in [3.8, 4) is 0 Å². The molecule has 0 saturated carbocycles. The number of quaternary nitrogens is 1. The molecule has 10 heteroatoms. The minimum atomic E-state index is -4.65. The van der Waals surface area contributed by atoms with Gasteiger partial charge in [-0.1, -0.05) is 270 Å². The van der Waals surface area contributed by atoms with E-state index in [9.17, 15) is 19.0 Å². The quantitative estimate of drug-likeness (QED) is 0.0195. The van der Waals surface area contributed by atoms with Crippen LogP contribution in [-0.4, -0.2) is 70.0 Å². The Bertz CT molecular complexity index is 1800. The average molecular weight is 1160 g/mol. The third kappa shape index (κ3) is 65.6. The van der Waals surface area contributed by atoms with Crippen molar-refractivity contribution in [1.82, 2.24) is 0 Å². The summed E-state index contributed by atoms with van der Waals surface area (Å²) in [6, 6.07) is 0. The first-order chi connectivity index (χ1) is 40.0. The van der Waals surface area contributed by atoms with Gasteiger partial charge in [-0.15, -0.1) is 0 Å². The Morgan fingerprint density at radius 2 is 0.695 bits per heavy atom. The van der Waals surface area contributed by atoms with Gasteiger partial charge in [0.2, 0.25) is 0 Å². The lowest BCUT2D eigenvalue weighted by molar-refractivity contribution is -0.870. The molecule has 0 aromatic rings. The zero-order valence-corrected chi connectivity index (χ0v) is 54.3. The summed E-state index contributed by atoms with van der Waals surface area (Å²) in [6.07, 6.45) is 88.3. The number of nitrogens with zero attached hydrogens (tertiary/aromatic N) is 1. The molecule has 2 unspecified atom stereocenters. The first kappa shape index (κ1) is 78.4. The summed E-state index contributed by atoms with van der Waals surface area (Å²) in [5, 5.41) is 0. The van der Waals surface area contributed by atoms with E-state index in [-0.39, 0.29) is 26.1 Å². The highest BCUT2D eigenvalue weighted by molar-refractivity contribution is 7.45. The fraction of sp³-hybridized carbons (Fsp3) is 0.694. The fourth-order valence-electron chi connectivity index (χ4n) is 8.88. The Morgan fingerprint density at radius 1 is 0.390 bits per heavy atom. The zero-order valence-electron chi connectivity index (χ0n) is 53.4. The van der Waals surface area contributed by atoms with Gasteiger partial charge in [0, 0.05) is 12.8 Å². The lowest BCUT2D eigenvalue weighted by Gasteiger charge is -2.28. The van der Waals surface area contributed by atoms with Gasteiger partial charge in [0.05, 0.1) is 27.7 Å². The van der Waals surface area contributed by atoms with E-state index in [2.05, 4.69) is 135 Å². The highest BCUT2D eigenvalue weighted by Gasteiger charge is 2.22. The van der Waals surface area contributed by atoms with Gasteiger partial charge < -0.3 is 27.9 Å². The van der Waals surface area contributed by atoms with E-state index in [1.165, 1.54) is 128 Å². The number of phosphoric ester groups is 1. The molecular formula is C72H124NO8P. The van der Waals surface area contributed by atoms with Crippen molar-refractivity contribution in [3.63, 3.8) is 0 Å². The Kier molecular flexibility index (Phi) is 59.2. The second-order valence-corrected chi connectivity index (χ2v) is 24.5.